The molecule has 1 aromatic carbocycles. The number of aliphatic hydroxyl groups excluding tert-OH is 1. The van der Waals surface area contributed by atoms with Crippen molar-refractivity contribution in [1.29, 1.82) is 0 Å². The molecule has 1 aromatic rings. The highest BCUT2D eigenvalue weighted by molar-refractivity contribution is 9.10. The molecule has 0 atom stereocenters. The van der Waals surface area contributed by atoms with Gasteiger partial charge in [-0.15, -0.1) is 0 Å². The molecule has 0 radical (unpaired) electrons. The standard InChI is InChI=1S/C13H15BrO3/c14-11-4-2-1-3-10(11)13(8-17-9-13)12(5-15)6-16-7-12/h1-4,15H,5-9H2. The predicted molar refractivity (Wildman–Crippen MR) is 67.0 cm³/mol. The second kappa shape index (κ2) is 4.05. The predicted octanol–water partition coefficient (Wildman–Crippen LogP) is 1.73. The Morgan fingerprint density at radius 2 is 1.76 bits per heavy atom. The summed E-state index contributed by atoms with van der Waals surface area (Å²) in [6.07, 6.45) is 0. The maximum absolute atomic E-state index is 9.74. The molecule has 92 valence electrons. The third-order valence-electron chi connectivity index (χ3n) is 4.16. The van der Waals surface area contributed by atoms with Gasteiger partial charge in [-0.25, -0.2) is 0 Å². The molecule has 0 unspecified atom stereocenters. The van der Waals surface area contributed by atoms with Crippen molar-refractivity contribution in [2.45, 2.75) is 5.41 Å². The van der Waals surface area contributed by atoms with Crippen molar-refractivity contribution in [3.63, 3.8) is 0 Å². The normalized spacial score (nSPS) is 24.8. The van der Waals surface area contributed by atoms with Crippen molar-refractivity contribution >= 4 is 15.9 Å². The smallest absolute Gasteiger partial charge is 0.0594 e. The Kier molecular flexibility index (Phi) is 2.78. The molecule has 0 aliphatic carbocycles. The topological polar surface area (TPSA) is 38.7 Å². The van der Waals surface area contributed by atoms with Crippen LogP contribution in [0, 0.1) is 5.41 Å². The summed E-state index contributed by atoms with van der Waals surface area (Å²) in [5, 5.41) is 9.74. The highest BCUT2D eigenvalue weighted by Crippen LogP contribution is 2.52. The molecule has 2 saturated heterocycles. The lowest BCUT2D eigenvalue weighted by atomic mass is 9.57. The van der Waals surface area contributed by atoms with E-state index in [0.29, 0.717) is 26.4 Å². The number of rotatable bonds is 3. The van der Waals surface area contributed by atoms with Crippen LogP contribution in [0.3, 0.4) is 0 Å². The summed E-state index contributed by atoms with van der Waals surface area (Å²) in [6.45, 7) is 2.72. The van der Waals surface area contributed by atoms with Crippen LogP contribution in [0.25, 0.3) is 0 Å². The van der Waals surface area contributed by atoms with Crippen molar-refractivity contribution in [2.24, 2.45) is 5.41 Å². The van der Waals surface area contributed by atoms with Gasteiger partial charge < -0.3 is 14.6 Å². The second-order valence-electron chi connectivity index (χ2n) is 4.99. The van der Waals surface area contributed by atoms with Gasteiger partial charge in [-0.2, -0.15) is 0 Å². The van der Waals surface area contributed by atoms with Gasteiger partial charge >= 0.3 is 0 Å². The molecule has 0 saturated carbocycles. The number of ether oxygens (including phenoxy) is 2. The van der Waals surface area contributed by atoms with E-state index in [1.165, 1.54) is 5.56 Å². The van der Waals surface area contributed by atoms with E-state index >= 15 is 0 Å². The van der Waals surface area contributed by atoms with Crippen LogP contribution in [-0.4, -0.2) is 38.1 Å². The van der Waals surface area contributed by atoms with Crippen molar-refractivity contribution in [1.82, 2.24) is 0 Å². The van der Waals surface area contributed by atoms with E-state index in [9.17, 15) is 5.11 Å². The molecule has 0 aromatic heterocycles. The van der Waals surface area contributed by atoms with Crippen LogP contribution in [0.5, 0.6) is 0 Å². The van der Waals surface area contributed by atoms with Crippen LogP contribution in [-0.2, 0) is 14.9 Å². The molecule has 2 aliphatic heterocycles. The van der Waals surface area contributed by atoms with Crippen LogP contribution in [0.4, 0.5) is 0 Å². The molecule has 4 heteroatoms. The third-order valence-corrected chi connectivity index (χ3v) is 4.85. The first-order valence-corrected chi connectivity index (χ1v) is 6.55. The highest BCUT2D eigenvalue weighted by Gasteiger charge is 2.61. The second-order valence-corrected chi connectivity index (χ2v) is 5.84. The summed E-state index contributed by atoms with van der Waals surface area (Å²) in [5.74, 6) is 0. The van der Waals surface area contributed by atoms with Gasteiger partial charge in [0.05, 0.1) is 43.9 Å². The van der Waals surface area contributed by atoms with Gasteiger partial charge in [0.1, 0.15) is 0 Å². The fraction of sp³-hybridized carbons (Fsp3) is 0.538. The minimum absolute atomic E-state index is 0.0971. The van der Waals surface area contributed by atoms with Crippen LogP contribution in [0.1, 0.15) is 5.56 Å². The lowest BCUT2D eigenvalue weighted by Gasteiger charge is -2.59. The van der Waals surface area contributed by atoms with E-state index < -0.39 is 0 Å². The number of aliphatic hydroxyl groups is 1. The quantitative estimate of drug-likeness (QED) is 0.924. The highest BCUT2D eigenvalue weighted by atomic mass is 79.9. The molecule has 0 bridgehead atoms. The summed E-state index contributed by atoms with van der Waals surface area (Å²) in [7, 11) is 0. The van der Waals surface area contributed by atoms with Gasteiger partial charge in [0.15, 0.2) is 0 Å². The van der Waals surface area contributed by atoms with Gasteiger partial charge in [-0.1, -0.05) is 34.1 Å². The molecule has 0 amide bonds. The zero-order chi connectivity index (χ0) is 11.9. The van der Waals surface area contributed by atoms with Gasteiger partial charge in [0.25, 0.3) is 0 Å². The fourth-order valence-electron chi connectivity index (χ4n) is 2.77. The van der Waals surface area contributed by atoms with Gasteiger partial charge in [-0.3, -0.25) is 0 Å². The van der Waals surface area contributed by atoms with Gasteiger partial charge in [0, 0.05) is 4.47 Å². The van der Waals surface area contributed by atoms with Crippen LogP contribution in [0.2, 0.25) is 0 Å². The molecule has 3 nitrogen and oxygen atoms in total. The Balaban J connectivity index is 2.06. The van der Waals surface area contributed by atoms with Gasteiger partial charge in [-0.05, 0) is 11.6 Å². The van der Waals surface area contributed by atoms with Gasteiger partial charge in [0.2, 0.25) is 0 Å². The average molecular weight is 299 g/mol. The Labute approximate surface area is 109 Å². The van der Waals surface area contributed by atoms with Crippen LogP contribution in [0.15, 0.2) is 28.7 Å². The lowest BCUT2D eigenvalue weighted by Crippen LogP contribution is -2.68. The summed E-state index contributed by atoms with van der Waals surface area (Å²) in [5.41, 5.74) is 0.957. The first-order chi connectivity index (χ1) is 8.24. The number of hydrogen-bond donors (Lipinski definition) is 1. The Morgan fingerprint density at radius 3 is 2.18 bits per heavy atom. The molecular formula is C13H15BrO3. The van der Waals surface area contributed by atoms with Crippen LogP contribution < -0.4 is 0 Å². The third kappa shape index (κ3) is 1.45. The number of halogens is 1. The minimum Gasteiger partial charge on any atom is -0.396 e. The average Bonchev–Trinajstić information content (AvgIpc) is 2.22. The van der Waals surface area contributed by atoms with E-state index in [4.69, 9.17) is 9.47 Å². The number of hydrogen-bond acceptors (Lipinski definition) is 3. The van der Waals surface area contributed by atoms with Crippen molar-refractivity contribution in [3.05, 3.63) is 34.3 Å². The van der Waals surface area contributed by atoms with Crippen molar-refractivity contribution in [3.8, 4) is 0 Å². The molecule has 3 rings (SSSR count). The summed E-state index contributed by atoms with van der Waals surface area (Å²) in [4.78, 5) is 0. The SMILES string of the molecule is OCC1(C2(c3ccccc3Br)COC2)COC1. The van der Waals surface area contributed by atoms with E-state index in [2.05, 4.69) is 22.0 Å². The monoisotopic (exact) mass is 298 g/mol. The molecule has 0 spiro atoms. The molecular weight excluding hydrogens is 284 g/mol. The van der Waals surface area contributed by atoms with E-state index in [0.717, 1.165) is 4.47 Å². The van der Waals surface area contributed by atoms with E-state index in [1.807, 2.05) is 18.2 Å². The van der Waals surface area contributed by atoms with Crippen molar-refractivity contribution in [2.75, 3.05) is 33.0 Å². The van der Waals surface area contributed by atoms with E-state index in [-0.39, 0.29) is 17.4 Å². The molecule has 2 heterocycles. The van der Waals surface area contributed by atoms with Crippen LogP contribution >= 0.6 is 15.9 Å². The maximum Gasteiger partial charge on any atom is 0.0594 e. The Hall–Kier alpha value is -0.420. The molecule has 2 fully saturated rings. The summed E-state index contributed by atoms with van der Waals surface area (Å²) >= 11 is 3.60. The summed E-state index contributed by atoms with van der Waals surface area (Å²) < 4.78 is 11.9. The first kappa shape index (κ1) is 11.7. The molecule has 1 N–H and O–H groups in total. The Morgan fingerprint density at radius 1 is 1.12 bits per heavy atom. The fourth-order valence-corrected chi connectivity index (χ4v) is 3.43. The zero-order valence-corrected chi connectivity index (χ0v) is 11.1. The maximum atomic E-state index is 9.74. The minimum atomic E-state index is -0.172. The Bertz CT molecular complexity index is 419. The first-order valence-electron chi connectivity index (χ1n) is 5.76. The molecule has 17 heavy (non-hydrogen) atoms. The zero-order valence-electron chi connectivity index (χ0n) is 9.49. The largest absolute Gasteiger partial charge is 0.396 e. The number of benzene rings is 1. The van der Waals surface area contributed by atoms with E-state index in [1.54, 1.807) is 0 Å². The van der Waals surface area contributed by atoms with Crippen molar-refractivity contribution < 1.29 is 14.6 Å². The molecule has 2 aliphatic rings. The lowest BCUT2D eigenvalue weighted by molar-refractivity contribution is -0.242. The summed E-state index contributed by atoms with van der Waals surface area (Å²) in [6, 6.07) is 8.19.